The summed E-state index contributed by atoms with van der Waals surface area (Å²) in [6.45, 7) is 7.66. The van der Waals surface area contributed by atoms with Crippen LogP contribution in [0.15, 0.2) is 53.7 Å². The molecule has 0 aliphatic heterocycles. The van der Waals surface area contributed by atoms with Gasteiger partial charge in [0.25, 0.3) is 0 Å². The van der Waals surface area contributed by atoms with Gasteiger partial charge in [-0.1, -0.05) is 31.5 Å². The predicted octanol–water partition coefficient (Wildman–Crippen LogP) is 4.26. The van der Waals surface area contributed by atoms with Crippen molar-refractivity contribution in [2.75, 3.05) is 6.61 Å². The lowest BCUT2D eigenvalue weighted by Crippen LogP contribution is -2.38. The fraction of sp³-hybridized carbons (Fsp3) is 0.429. The van der Waals surface area contributed by atoms with Crippen LogP contribution < -0.4 is 10.1 Å². The summed E-state index contributed by atoms with van der Waals surface area (Å²) in [7, 11) is -3.95. The highest BCUT2D eigenvalue weighted by Crippen LogP contribution is 2.28. The summed E-state index contributed by atoms with van der Waals surface area (Å²) < 4.78 is 37.4. The molecule has 1 atom stereocenters. The Bertz CT molecular complexity index is 908. The first-order valence-electron chi connectivity index (χ1n) is 9.49. The number of nitrogens with one attached hydrogen (secondary N) is 1. The lowest BCUT2D eigenvalue weighted by atomic mass is 10.2. The number of alkyl carbamates (subject to hydrolysis) is 1. The summed E-state index contributed by atoms with van der Waals surface area (Å²) in [5, 5.41) is 1.11. The highest BCUT2D eigenvalue weighted by atomic mass is 32.2. The molecule has 0 aliphatic carbocycles. The Morgan fingerprint density at radius 2 is 1.86 bits per heavy atom. The maximum Gasteiger partial charge on any atom is 0.408 e. The third kappa shape index (κ3) is 6.74. The number of hydrogen-bond donors (Lipinski definition) is 1. The minimum absolute atomic E-state index is 0.0818. The Morgan fingerprint density at radius 1 is 1.17 bits per heavy atom. The largest absolute Gasteiger partial charge is 0.492 e. The Balaban J connectivity index is 2.40. The molecule has 1 aromatic heterocycles. The quantitative estimate of drug-likeness (QED) is 0.641. The monoisotopic (exact) mass is 420 g/mol. The zero-order valence-electron chi connectivity index (χ0n) is 17.2. The second kappa shape index (κ2) is 9.73. The Kier molecular flexibility index (Phi) is 7.61. The van der Waals surface area contributed by atoms with Crippen LogP contribution in [0.2, 0.25) is 0 Å². The Morgan fingerprint density at radius 3 is 2.48 bits per heavy atom. The summed E-state index contributed by atoms with van der Waals surface area (Å²) in [5.74, 6) is 0.440. The van der Waals surface area contributed by atoms with Crippen molar-refractivity contribution in [3.8, 4) is 5.75 Å². The number of sulfone groups is 1. The van der Waals surface area contributed by atoms with Crippen molar-refractivity contribution in [3.05, 3.63) is 54.4 Å². The van der Waals surface area contributed by atoms with Gasteiger partial charge in [0.05, 0.1) is 17.7 Å². The molecule has 29 heavy (non-hydrogen) atoms. The van der Waals surface area contributed by atoms with Crippen molar-refractivity contribution in [1.82, 2.24) is 10.3 Å². The van der Waals surface area contributed by atoms with Crippen LogP contribution in [-0.2, 0) is 14.6 Å². The lowest BCUT2D eigenvalue weighted by Gasteiger charge is -2.24. The van der Waals surface area contributed by atoms with E-state index >= 15 is 0 Å². The molecule has 0 radical (unpaired) electrons. The molecule has 7 nitrogen and oxygen atoms in total. The molecule has 1 heterocycles. The number of carbonyl (C=O) groups is 1. The van der Waals surface area contributed by atoms with E-state index in [2.05, 4.69) is 10.3 Å². The van der Waals surface area contributed by atoms with E-state index < -0.39 is 26.9 Å². The highest BCUT2D eigenvalue weighted by Gasteiger charge is 2.32. The summed E-state index contributed by atoms with van der Waals surface area (Å²) >= 11 is 0. The van der Waals surface area contributed by atoms with Gasteiger partial charge in [-0.3, -0.25) is 4.98 Å². The first kappa shape index (κ1) is 22.7. The van der Waals surface area contributed by atoms with Crippen molar-refractivity contribution in [2.45, 2.75) is 56.4 Å². The van der Waals surface area contributed by atoms with Gasteiger partial charge in [0.15, 0.2) is 5.37 Å². The zero-order chi connectivity index (χ0) is 21.5. The van der Waals surface area contributed by atoms with Crippen molar-refractivity contribution in [3.63, 3.8) is 0 Å². The van der Waals surface area contributed by atoms with E-state index in [0.29, 0.717) is 12.4 Å². The average Bonchev–Trinajstić information content (AvgIpc) is 2.66. The van der Waals surface area contributed by atoms with Crippen LogP contribution in [-0.4, -0.2) is 31.7 Å². The molecule has 0 fully saturated rings. The van der Waals surface area contributed by atoms with E-state index in [1.54, 1.807) is 45.0 Å². The molecular weight excluding hydrogens is 392 g/mol. The molecule has 2 rings (SSSR count). The third-order valence-electron chi connectivity index (χ3n) is 3.83. The van der Waals surface area contributed by atoms with Gasteiger partial charge in [0, 0.05) is 11.8 Å². The molecular formula is C21H28N2O5S. The van der Waals surface area contributed by atoms with Crippen LogP contribution in [0.25, 0.3) is 0 Å². The second-order valence-electron chi connectivity index (χ2n) is 7.54. The van der Waals surface area contributed by atoms with Crippen molar-refractivity contribution in [1.29, 1.82) is 0 Å². The summed E-state index contributed by atoms with van der Waals surface area (Å²) in [6, 6.07) is 9.51. The minimum atomic E-state index is -3.95. The van der Waals surface area contributed by atoms with Crippen LogP contribution in [0.5, 0.6) is 5.75 Å². The number of aromatic nitrogens is 1. The van der Waals surface area contributed by atoms with Gasteiger partial charge in [-0.05, 0) is 45.4 Å². The van der Waals surface area contributed by atoms with Gasteiger partial charge < -0.3 is 14.8 Å². The molecule has 1 amide bonds. The smallest absolute Gasteiger partial charge is 0.408 e. The highest BCUT2D eigenvalue weighted by molar-refractivity contribution is 7.91. The molecule has 158 valence electrons. The molecule has 1 N–H and O–H groups in total. The van der Waals surface area contributed by atoms with Gasteiger partial charge in [0.2, 0.25) is 9.84 Å². The number of carbonyl (C=O) groups excluding carboxylic acids is 1. The van der Waals surface area contributed by atoms with Crippen molar-refractivity contribution >= 4 is 15.9 Å². The van der Waals surface area contributed by atoms with Crippen LogP contribution in [0, 0.1) is 0 Å². The number of pyridine rings is 1. The van der Waals surface area contributed by atoms with Crippen LogP contribution in [0.1, 0.15) is 51.5 Å². The van der Waals surface area contributed by atoms with Crippen LogP contribution >= 0.6 is 0 Å². The van der Waals surface area contributed by atoms with E-state index in [9.17, 15) is 13.2 Å². The Hall–Kier alpha value is -2.61. The molecule has 0 bridgehead atoms. The molecule has 2 aromatic rings. The fourth-order valence-electron chi connectivity index (χ4n) is 2.49. The number of rotatable bonds is 8. The molecule has 8 heteroatoms. The van der Waals surface area contributed by atoms with E-state index in [-0.39, 0.29) is 10.5 Å². The molecule has 1 unspecified atom stereocenters. The number of benzene rings is 1. The average molecular weight is 421 g/mol. The predicted molar refractivity (Wildman–Crippen MR) is 110 cm³/mol. The molecule has 0 saturated heterocycles. The third-order valence-corrected chi connectivity index (χ3v) is 5.77. The zero-order valence-corrected chi connectivity index (χ0v) is 18.0. The van der Waals surface area contributed by atoms with Gasteiger partial charge in [-0.25, -0.2) is 13.2 Å². The maximum absolute atomic E-state index is 13.3. The van der Waals surface area contributed by atoms with E-state index in [1.807, 2.05) is 6.92 Å². The van der Waals surface area contributed by atoms with E-state index in [1.165, 1.54) is 24.5 Å². The number of ether oxygens (including phenoxy) is 2. The number of hydrogen-bond acceptors (Lipinski definition) is 6. The molecule has 1 aromatic carbocycles. The van der Waals surface area contributed by atoms with E-state index in [0.717, 1.165) is 12.8 Å². The molecule has 0 aliphatic rings. The summed E-state index contributed by atoms with van der Waals surface area (Å²) in [6.07, 6.45) is 3.91. The van der Waals surface area contributed by atoms with E-state index in [4.69, 9.17) is 9.47 Å². The maximum atomic E-state index is 13.3. The fourth-order valence-corrected chi connectivity index (χ4v) is 4.04. The molecule has 0 spiro atoms. The first-order valence-corrected chi connectivity index (χ1v) is 11.0. The van der Waals surface area contributed by atoms with Gasteiger partial charge in [-0.15, -0.1) is 0 Å². The second-order valence-corrected chi connectivity index (χ2v) is 9.57. The first-order chi connectivity index (χ1) is 13.6. The summed E-state index contributed by atoms with van der Waals surface area (Å²) in [4.78, 5) is 16.5. The van der Waals surface area contributed by atoms with Gasteiger partial charge in [-0.2, -0.15) is 0 Å². The minimum Gasteiger partial charge on any atom is -0.492 e. The van der Waals surface area contributed by atoms with Crippen molar-refractivity contribution in [2.24, 2.45) is 0 Å². The van der Waals surface area contributed by atoms with Crippen LogP contribution in [0.4, 0.5) is 4.79 Å². The van der Waals surface area contributed by atoms with Gasteiger partial charge in [0.1, 0.15) is 11.4 Å². The van der Waals surface area contributed by atoms with Crippen molar-refractivity contribution < 1.29 is 22.7 Å². The van der Waals surface area contributed by atoms with Crippen LogP contribution in [0.3, 0.4) is 0 Å². The summed E-state index contributed by atoms with van der Waals surface area (Å²) in [5.41, 5.74) is -0.483. The Labute approximate surface area is 172 Å². The number of unbranched alkanes of at least 4 members (excludes halogenated alkanes) is 1. The normalized spacial score (nSPS) is 12.8. The standard InChI is InChI=1S/C21H28N2O5S/c1-5-6-12-27-17-13-16(14-22-15-17)19(23-20(24)28-21(2,3)4)29(25,26)18-10-8-7-9-11-18/h7-11,13-15,19H,5-6,12H2,1-4H3,(H,23,24). The number of amides is 1. The molecule has 0 saturated carbocycles. The van der Waals surface area contributed by atoms with Gasteiger partial charge >= 0.3 is 6.09 Å². The SMILES string of the molecule is CCCCOc1cncc(C(NC(=O)OC(C)(C)C)S(=O)(=O)c2ccccc2)c1. The topological polar surface area (TPSA) is 94.6 Å². The lowest BCUT2D eigenvalue weighted by molar-refractivity contribution is 0.0519. The number of nitrogens with zero attached hydrogens (tertiary/aromatic N) is 1.